The molecule has 0 unspecified atom stereocenters. The minimum absolute atomic E-state index is 0.00711. The molecule has 0 aromatic heterocycles. The van der Waals surface area contributed by atoms with Gasteiger partial charge in [-0.15, -0.1) is 0 Å². The van der Waals surface area contributed by atoms with Crippen LogP contribution in [-0.4, -0.2) is 31.5 Å². The summed E-state index contributed by atoms with van der Waals surface area (Å²) in [6.45, 7) is 2.79. The molecule has 0 aliphatic rings. The highest BCUT2D eigenvalue weighted by Gasteiger charge is 2.37. The predicted octanol–water partition coefficient (Wildman–Crippen LogP) is 5.07. The molecule has 0 spiro atoms. The Bertz CT molecular complexity index is 1080. The summed E-state index contributed by atoms with van der Waals surface area (Å²) < 4.78 is 78.4. The predicted molar refractivity (Wildman–Crippen MR) is 112 cm³/mol. The molecule has 0 radical (unpaired) electrons. The number of nitrogens with one attached hydrogen (secondary N) is 1. The number of rotatable bonds is 7. The van der Waals surface area contributed by atoms with Gasteiger partial charge in [0.2, 0.25) is 0 Å². The van der Waals surface area contributed by atoms with E-state index in [0.29, 0.717) is 28.8 Å². The number of carbonyl (C=O) groups excluding carboxylic acids is 1. The number of carbonyl (C=O) groups is 1. The number of hydrogen-bond acceptors (Lipinski definition) is 5. The Hall–Kier alpha value is -3.57. The fourth-order valence-electron chi connectivity index (χ4n) is 2.86. The molecule has 0 atom stereocenters. The van der Waals surface area contributed by atoms with Crippen molar-refractivity contribution in [2.75, 3.05) is 14.2 Å². The summed E-state index contributed by atoms with van der Waals surface area (Å²) in [6.07, 6.45) is -9.94. The van der Waals surface area contributed by atoms with Crippen LogP contribution in [0.1, 0.15) is 40.3 Å². The van der Waals surface area contributed by atoms with Gasteiger partial charge in [0, 0.05) is 18.2 Å². The maximum absolute atomic E-state index is 13.1. The molecule has 0 saturated carbocycles. The van der Waals surface area contributed by atoms with Crippen LogP contribution >= 0.6 is 0 Å². The van der Waals surface area contributed by atoms with Gasteiger partial charge in [0.1, 0.15) is 13.7 Å². The van der Waals surface area contributed by atoms with E-state index >= 15 is 0 Å². The summed E-state index contributed by atoms with van der Waals surface area (Å²) in [5, 5.41) is 9.83. The van der Waals surface area contributed by atoms with E-state index in [4.69, 9.17) is 9.68 Å². The number of likely N-dealkylation sites (N-methyl/N-ethyl adjacent to an activating group) is 1. The maximum Gasteiger partial charge on any atom is 0.416 e. The van der Waals surface area contributed by atoms with Gasteiger partial charge >= 0.3 is 12.4 Å². The molecule has 0 aliphatic heterocycles. The Balaban J connectivity index is 2.31. The van der Waals surface area contributed by atoms with E-state index < -0.39 is 29.4 Å². The van der Waals surface area contributed by atoms with Crippen molar-refractivity contribution in [2.24, 2.45) is 10.3 Å². The minimum Gasteiger partial charge on any atom is -0.398 e. The largest absolute Gasteiger partial charge is 0.416 e. The van der Waals surface area contributed by atoms with Crippen LogP contribution in [0.4, 0.5) is 26.3 Å². The zero-order valence-corrected chi connectivity index (χ0v) is 18.6. The zero-order chi connectivity index (χ0) is 25.7. The Morgan fingerprint density at radius 2 is 1.56 bits per heavy atom. The van der Waals surface area contributed by atoms with Crippen LogP contribution in [0.25, 0.3) is 0 Å². The topological polar surface area (TPSA) is 72.3 Å². The van der Waals surface area contributed by atoms with E-state index in [2.05, 4.69) is 15.6 Å². The molecular formula is C22H21F6N3O3. The van der Waals surface area contributed by atoms with Crippen LogP contribution < -0.4 is 5.32 Å². The maximum atomic E-state index is 13.1. The number of amides is 1. The van der Waals surface area contributed by atoms with Gasteiger partial charge in [-0.25, -0.2) is 0 Å². The van der Waals surface area contributed by atoms with Gasteiger partial charge in [-0.2, -0.15) is 26.3 Å². The van der Waals surface area contributed by atoms with E-state index in [0.717, 1.165) is 0 Å². The Labute approximate surface area is 191 Å². The molecule has 184 valence electrons. The van der Waals surface area contributed by atoms with Crippen molar-refractivity contribution in [3.63, 3.8) is 0 Å². The molecule has 0 saturated heterocycles. The van der Waals surface area contributed by atoms with E-state index in [9.17, 15) is 31.1 Å². The van der Waals surface area contributed by atoms with Crippen molar-refractivity contribution < 1.29 is 40.8 Å². The molecule has 34 heavy (non-hydrogen) atoms. The number of oxime groups is 2. The first kappa shape index (κ1) is 26.7. The van der Waals surface area contributed by atoms with Crippen LogP contribution in [0.15, 0.2) is 46.7 Å². The number of nitrogens with zero attached hydrogens (tertiary/aromatic N) is 2. The smallest absolute Gasteiger partial charge is 0.398 e. The normalized spacial score (nSPS) is 13.0. The third kappa shape index (κ3) is 6.72. The summed E-state index contributed by atoms with van der Waals surface area (Å²) in [4.78, 5) is 22.0. The third-order valence-electron chi connectivity index (χ3n) is 4.62. The third-order valence-corrected chi connectivity index (χ3v) is 4.62. The fourth-order valence-corrected chi connectivity index (χ4v) is 2.86. The van der Waals surface area contributed by atoms with Gasteiger partial charge in [0.15, 0.2) is 5.71 Å². The molecule has 2 rings (SSSR count). The lowest BCUT2D eigenvalue weighted by Gasteiger charge is -2.14. The molecule has 0 aliphatic carbocycles. The monoisotopic (exact) mass is 489 g/mol. The van der Waals surface area contributed by atoms with Crippen LogP contribution in [0, 0.1) is 6.92 Å². The van der Waals surface area contributed by atoms with Crippen molar-refractivity contribution in [3.05, 3.63) is 69.8 Å². The summed E-state index contributed by atoms with van der Waals surface area (Å²) in [7, 11) is 2.70. The van der Waals surface area contributed by atoms with Crippen molar-refractivity contribution in [1.29, 1.82) is 0 Å². The molecule has 1 N–H and O–H groups in total. The quantitative estimate of drug-likeness (QED) is 0.335. The fraction of sp³-hybridized carbons (Fsp3) is 0.318. The molecular weight excluding hydrogens is 468 g/mol. The summed E-state index contributed by atoms with van der Waals surface area (Å²) in [5.41, 5.74) is -1.81. The van der Waals surface area contributed by atoms with Crippen LogP contribution in [-0.2, 0) is 33.4 Å². The summed E-state index contributed by atoms with van der Waals surface area (Å²) in [5.74, 6) is -0.498. The van der Waals surface area contributed by atoms with Gasteiger partial charge < -0.3 is 15.0 Å². The first-order valence-corrected chi connectivity index (χ1v) is 9.67. The Morgan fingerprint density at radius 3 is 2.06 bits per heavy atom. The molecule has 0 heterocycles. The average Bonchev–Trinajstić information content (AvgIpc) is 2.76. The highest BCUT2D eigenvalue weighted by atomic mass is 19.4. The Kier molecular flexibility index (Phi) is 8.30. The van der Waals surface area contributed by atoms with Crippen molar-refractivity contribution in [1.82, 2.24) is 5.32 Å². The van der Waals surface area contributed by atoms with E-state index in [1.165, 1.54) is 21.1 Å². The number of alkyl halides is 6. The lowest BCUT2D eigenvalue weighted by molar-refractivity contribution is -0.143. The molecule has 0 fully saturated rings. The zero-order valence-electron chi connectivity index (χ0n) is 18.6. The molecule has 2 aromatic carbocycles. The summed E-state index contributed by atoms with van der Waals surface area (Å²) >= 11 is 0. The van der Waals surface area contributed by atoms with Crippen LogP contribution in [0.5, 0.6) is 0 Å². The van der Waals surface area contributed by atoms with E-state index in [1.807, 2.05) is 0 Å². The van der Waals surface area contributed by atoms with Crippen molar-refractivity contribution in [3.8, 4) is 0 Å². The SMILES string of the molecule is CNC(=O)/C(=N/OC)c1cc(CO/N=C(\C)c2cc(C(F)(F)F)cc(C(F)(F)F)c2)ccc1C. The lowest BCUT2D eigenvalue weighted by atomic mass is 10.0. The number of aryl methyl sites for hydroxylation is 1. The molecule has 1 amide bonds. The van der Waals surface area contributed by atoms with Gasteiger partial charge in [-0.05, 0) is 49.2 Å². The van der Waals surface area contributed by atoms with E-state index in [1.54, 1.807) is 25.1 Å². The Morgan fingerprint density at radius 1 is 0.971 bits per heavy atom. The highest BCUT2D eigenvalue weighted by molar-refractivity contribution is 6.45. The first-order chi connectivity index (χ1) is 15.8. The number of halogens is 6. The van der Waals surface area contributed by atoms with Gasteiger partial charge in [0.25, 0.3) is 5.91 Å². The lowest BCUT2D eigenvalue weighted by Crippen LogP contribution is -2.29. The second-order valence-electron chi connectivity index (χ2n) is 7.10. The summed E-state index contributed by atoms with van der Waals surface area (Å²) in [6, 6.07) is 6.10. The van der Waals surface area contributed by atoms with Crippen LogP contribution in [0.2, 0.25) is 0 Å². The second kappa shape index (κ2) is 10.6. The molecule has 6 nitrogen and oxygen atoms in total. The van der Waals surface area contributed by atoms with Crippen molar-refractivity contribution >= 4 is 17.3 Å². The molecule has 2 aromatic rings. The molecule has 12 heteroatoms. The standard InChI is InChI=1S/C22H21F6N3O3/c1-12-5-6-14(7-18(12)19(31-33-4)20(32)29-3)11-34-30-13(2)15-8-16(21(23,24)25)10-17(9-15)22(26,27)28/h5-10H,11H2,1-4H3,(H,29,32)/b30-13+,31-19+. The minimum atomic E-state index is -4.97. The highest BCUT2D eigenvalue weighted by Crippen LogP contribution is 2.36. The second-order valence-corrected chi connectivity index (χ2v) is 7.10. The van der Waals surface area contributed by atoms with Crippen molar-refractivity contribution in [2.45, 2.75) is 32.8 Å². The first-order valence-electron chi connectivity index (χ1n) is 9.67. The van der Waals surface area contributed by atoms with Gasteiger partial charge in [0.05, 0.1) is 16.8 Å². The van der Waals surface area contributed by atoms with Gasteiger partial charge in [-0.3, -0.25) is 4.79 Å². The van der Waals surface area contributed by atoms with E-state index in [-0.39, 0.29) is 29.7 Å². The average molecular weight is 489 g/mol. The molecule has 0 bridgehead atoms. The van der Waals surface area contributed by atoms with Crippen LogP contribution in [0.3, 0.4) is 0 Å². The van der Waals surface area contributed by atoms with Gasteiger partial charge in [-0.1, -0.05) is 22.4 Å². The number of benzene rings is 2. The number of hydrogen-bond donors (Lipinski definition) is 1.